The van der Waals surface area contributed by atoms with Crippen LogP contribution in [0.25, 0.3) is 6.08 Å². The number of nitrogens with zero attached hydrogens (tertiary/aromatic N) is 1. The number of rotatable bonds is 0. The van der Waals surface area contributed by atoms with Gasteiger partial charge in [-0.1, -0.05) is 24.3 Å². The van der Waals surface area contributed by atoms with Gasteiger partial charge in [0.15, 0.2) is 0 Å². The van der Waals surface area contributed by atoms with Crippen LogP contribution < -0.4 is 0 Å². The maximum Gasteiger partial charge on any atom is 0.0511 e. The summed E-state index contributed by atoms with van der Waals surface area (Å²) in [4.78, 5) is 2.22. The summed E-state index contributed by atoms with van der Waals surface area (Å²) in [6.07, 6.45) is 4.29. The van der Waals surface area contributed by atoms with Crippen LogP contribution in [0.1, 0.15) is 24.1 Å². The highest BCUT2D eigenvalue weighted by Gasteiger charge is 2.14. The van der Waals surface area contributed by atoms with E-state index >= 15 is 0 Å². The number of benzene rings is 1. The Kier molecular flexibility index (Phi) is 1.65. The molecule has 1 aliphatic rings. The Labute approximate surface area is 73.3 Å². The summed E-state index contributed by atoms with van der Waals surface area (Å²) >= 11 is 0. The Morgan fingerprint density at radius 3 is 2.83 bits per heavy atom. The van der Waals surface area contributed by atoms with Crippen molar-refractivity contribution in [3.05, 3.63) is 41.6 Å². The molecule has 0 fully saturated rings. The fourth-order valence-corrected chi connectivity index (χ4v) is 1.59. The molecule has 1 nitrogen and oxygen atoms in total. The average Bonchev–Trinajstić information content (AvgIpc) is 2.12. The second kappa shape index (κ2) is 2.67. The summed E-state index contributed by atoms with van der Waals surface area (Å²) < 4.78 is 0. The van der Waals surface area contributed by atoms with Crippen molar-refractivity contribution in [2.24, 2.45) is 0 Å². The van der Waals surface area contributed by atoms with Crippen LogP contribution in [-0.4, -0.2) is 11.9 Å². The van der Waals surface area contributed by atoms with Gasteiger partial charge in [0.05, 0.1) is 6.04 Å². The molecule has 0 amide bonds. The summed E-state index contributed by atoms with van der Waals surface area (Å²) in [5.41, 5.74) is 2.77. The van der Waals surface area contributed by atoms with Gasteiger partial charge in [-0.3, -0.25) is 0 Å². The largest absolute Gasteiger partial charge is 0.374 e. The van der Waals surface area contributed by atoms with Gasteiger partial charge in [0.25, 0.3) is 0 Å². The molecule has 0 radical (unpaired) electrons. The molecule has 1 heteroatoms. The van der Waals surface area contributed by atoms with Crippen LogP contribution in [0.3, 0.4) is 0 Å². The Bertz CT molecular complexity index is 315. The summed E-state index contributed by atoms with van der Waals surface area (Å²) in [7, 11) is 2.11. The van der Waals surface area contributed by atoms with Crippen molar-refractivity contribution in [1.82, 2.24) is 4.90 Å². The van der Waals surface area contributed by atoms with E-state index in [-0.39, 0.29) is 0 Å². The molecule has 1 aliphatic heterocycles. The Morgan fingerprint density at radius 1 is 1.25 bits per heavy atom. The Morgan fingerprint density at radius 2 is 2.00 bits per heavy atom. The zero-order chi connectivity index (χ0) is 8.55. The molecule has 0 saturated carbocycles. The third kappa shape index (κ3) is 1.02. The predicted octanol–water partition coefficient (Wildman–Crippen LogP) is 2.66. The topological polar surface area (TPSA) is 3.24 Å². The minimum absolute atomic E-state index is 0.506. The van der Waals surface area contributed by atoms with Gasteiger partial charge >= 0.3 is 0 Å². The summed E-state index contributed by atoms with van der Waals surface area (Å²) in [5.74, 6) is 0. The molecular formula is C11H13N. The standard InChI is InChI=1S/C11H13N/c1-9-11-6-4-3-5-10(11)7-8-12(9)2/h3-9H,1-2H3. The van der Waals surface area contributed by atoms with Gasteiger partial charge < -0.3 is 4.90 Å². The van der Waals surface area contributed by atoms with E-state index in [2.05, 4.69) is 55.4 Å². The van der Waals surface area contributed by atoms with Gasteiger partial charge in [-0.15, -0.1) is 0 Å². The highest BCUT2D eigenvalue weighted by molar-refractivity contribution is 5.56. The smallest absolute Gasteiger partial charge is 0.0511 e. The second-order valence-electron chi connectivity index (χ2n) is 3.29. The van der Waals surface area contributed by atoms with E-state index in [9.17, 15) is 0 Å². The molecule has 0 aromatic heterocycles. The van der Waals surface area contributed by atoms with Crippen LogP contribution in [-0.2, 0) is 0 Å². The van der Waals surface area contributed by atoms with Gasteiger partial charge in [-0.2, -0.15) is 0 Å². The van der Waals surface area contributed by atoms with Crippen LogP contribution in [0.2, 0.25) is 0 Å². The van der Waals surface area contributed by atoms with E-state index in [1.165, 1.54) is 11.1 Å². The second-order valence-corrected chi connectivity index (χ2v) is 3.29. The third-order valence-corrected chi connectivity index (χ3v) is 2.55. The van der Waals surface area contributed by atoms with E-state index in [1.807, 2.05) is 0 Å². The fourth-order valence-electron chi connectivity index (χ4n) is 1.59. The van der Waals surface area contributed by atoms with E-state index in [4.69, 9.17) is 0 Å². The molecule has 0 saturated heterocycles. The van der Waals surface area contributed by atoms with Crippen molar-refractivity contribution >= 4 is 6.08 Å². The fraction of sp³-hybridized carbons (Fsp3) is 0.273. The van der Waals surface area contributed by atoms with Gasteiger partial charge in [0.2, 0.25) is 0 Å². The van der Waals surface area contributed by atoms with Gasteiger partial charge in [-0.25, -0.2) is 0 Å². The van der Waals surface area contributed by atoms with Crippen LogP contribution in [0.5, 0.6) is 0 Å². The van der Waals surface area contributed by atoms with Gasteiger partial charge in [0, 0.05) is 7.05 Å². The van der Waals surface area contributed by atoms with Crippen molar-refractivity contribution in [3.8, 4) is 0 Å². The molecule has 0 bridgehead atoms. The van der Waals surface area contributed by atoms with E-state index < -0.39 is 0 Å². The lowest BCUT2D eigenvalue weighted by Gasteiger charge is -2.28. The molecular weight excluding hydrogens is 146 g/mol. The van der Waals surface area contributed by atoms with Crippen molar-refractivity contribution in [1.29, 1.82) is 0 Å². The monoisotopic (exact) mass is 159 g/mol. The molecule has 1 unspecified atom stereocenters. The van der Waals surface area contributed by atoms with Gasteiger partial charge in [0.1, 0.15) is 0 Å². The highest BCUT2D eigenvalue weighted by Crippen LogP contribution is 2.27. The first-order valence-electron chi connectivity index (χ1n) is 4.28. The predicted molar refractivity (Wildman–Crippen MR) is 51.7 cm³/mol. The molecule has 12 heavy (non-hydrogen) atoms. The molecule has 0 spiro atoms. The van der Waals surface area contributed by atoms with Crippen molar-refractivity contribution in [3.63, 3.8) is 0 Å². The average molecular weight is 159 g/mol. The quantitative estimate of drug-likeness (QED) is 0.562. The van der Waals surface area contributed by atoms with E-state index in [1.54, 1.807) is 0 Å². The lowest BCUT2D eigenvalue weighted by molar-refractivity contribution is 0.358. The van der Waals surface area contributed by atoms with Crippen LogP contribution in [0, 0.1) is 0 Å². The molecule has 1 aromatic carbocycles. The van der Waals surface area contributed by atoms with Gasteiger partial charge in [-0.05, 0) is 30.3 Å². The minimum Gasteiger partial charge on any atom is -0.374 e. The number of hydrogen-bond donors (Lipinski definition) is 0. The zero-order valence-corrected chi connectivity index (χ0v) is 7.49. The van der Waals surface area contributed by atoms with Crippen LogP contribution in [0.4, 0.5) is 0 Å². The van der Waals surface area contributed by atoms with E-state index in [0.717, 1.165) is 0 Å². The molecule has 1 heterocycles. The molecule has 0 aliphatic carbocycles. The highest BCUT2D eigenvalue weighted by atomic mass is 15.1. The maximum absolute atomic E-state index is 2.22. The lowest BCUT2D eigenvalue weighted by atomic mass is 9.98. The third-order valence-electron chi connectivity index (χ3n) is 2.55. The summed E-state index contributed by atoms with van der Waals surface area (Å²) in [6, 6.07) is 9.05. The first-order chi connectivity index (χ1) is 5.79. The number of hydrogen-bond acceptors (Lipinski definition) is 1. The molecule has 62 valence electrons. The van der Waals surface area contributed by atoms with Crippen molar-refractivity contribution < 1.29 is 0 Å². The molecule has 2 rings (SSSR count). The Hall–Kier alpha value is -1.24. The summed E-state index contributed by atoms with van der Waals surface area (Å²) in [5, 5.41) is 0. The normalized spacial score (nSPS) is 20.8. The first kappa shape index (κ1) is 7.41. The van der Waals surface area contributed by atoms with Crippen LogP contribution in [0.15, 0.2) is 30.5 Å². The van der Waals surface area contributed by atoms with Crippen molar-refractivity contribution in [2.45, 2.75) is 13.0 Å². The van der Waals surface area contributed by atoms with Crippen LogP contribution >= 0.6 is 0 Å². The zero-order valence-electron chi connectivity index (χ0n) is 7.49. The Balaban J connectivity index is 2.52. The number of fused-ring (bicyclic) bond motifs is 1. The molecule has 1 aromatic rings. The first-order valence-corrected chi connectivity index (χ1v) is 4.28. The molecule has 0 N–H and O–H groups in total. The lowest BCUT2D eigenvalue weighted by Crippen LogP contribution is -2.19. The van der Waals surface area contributed by atoms with Crippen molar-refractivity contribution in [2.75, 3.05) is 7.05 Å². The maximum atomic E-state index is 2.22. The SMILES string of the molecule is CC1c2ccccc2C=CN1C. The summed E-state index contributed by atoms with van der Waals surface area (Å²) in [6.45, 7) is 2.22. The van der Waals surface area contributed by atoms with E-state index in [0.29, 0.717) is 6.04 Å². The minimum atomic E-state index is 0.506. The molecule has 1 atom stereocenters.